The average molecular weight is 459 g/mol. The van der Waals surface area contributed by atoms with E-state index in [4.69, 9.17) is 20.9 Å². The first-order chi connectivity index (χ1) is 14.0. The van der Waals surface area contributed by atoms with Crippen molar-refractivity contribution in [1.29, 1.82) is 0 Å². The fraction of sp³-hybridized carbons (Fsp3) is 0.158. The fourth-order valence-corrected chi connectivity index (χ4v) is 3.06. The highest BCUT2D eigenvalue weighted by molar-refractivity contribution is 9.10. The number of nitrogen functional groups attached to an aromatic ring is 1. The zero-order chi connectivity index (χ0) is 20.8. The van der Waals surface area contributed by atoms with Crippen molar-refractivity contribution in [3.05, 3.63) is 63.3 Å². The molecule has 3 aromatic rings. The van der Waals surface area contributed by atoms with Crippen LogP contribution in [0.15, 0.2) is 55.7 Å². The van der Waals surface area contributed by atoms with Crippen LogP contribution in [0, 0.1) is 6.92 Å². The molecule has 0 aliphatic rings. The molecule has 0 saturated carbocycles. The van der Waals surface area contributed by atoms with Crippen molar-refractivity contribution >= 4 is 33.8 Å². The van der Waals surface area contributed by atoms with E-state index in [0.717, 1.165) is 11.1 Å². The summed E-state index contributed by atoms with van der Waals surface area (Å²) in [5, 5.41) is 14.8. The van der Waals surface area contributed by atoms with Gasteiger partial charge in [-0.3, -0.25) is 0 Å². The molecule has 4 N–H and O–H groups in total. The molecule has 0 fully saturated rings. The summed E-state index contributed by atoms with van der Waals surface area (Å²) in [5.41, 5.74) is 14.4. The number of anilines is 1. The van der Waals surface area contributed by atoms with E-state index in [-0.39, 0.29) is 17.3 Å². The molecule has 0 aliphatic heterocycles. The second kappa shape index (κ2) is 9.20. The number of ether oxygens (including phenoxy) is 2. The third-order valence-electron chi connectivity index (χ3n) is 3.85. The molecule has 29 heavy (non-hydrogen) atoms. The molecule has 1 heterocycles. The molecule has 0 bridgehead atoms. The van der Waals surface area contributed by atoms with Gasteiger partial charge in [0.15, 0.2) is 28.8 Å². The molecule has 0 radical (unpaired) electrons. The van der Waals surface area contributed by atoms with Gasteiger partial charge < -0.3 is 20.9 Å². The molecular formula is C19H19BrN6O3. The Kier molecular flexibility index (Phi) is 6.45. The van der Waals surface area contributed by atoms with Gasteiger partial charge in [-0.25, -0.2) is 4.63 Å². The number of nitrogens with two attached hydrogens (primary N) is 2. The van der Waals surface area contributed by atoms with Crippen molar-refractivity contribution in [2.45, 2.75) is 13.5 Å². The molecule has 150 valence electrons. The van der Waals surface area contributed by atoms with E-state index in [2.05, 4.69) is 47.1 Å². The maximum absolute atomic E-state index is 5.96. The molecule has 3 rings (SSSR count). The smallest absolute Gasteiger partial charge is 0.199 e. The van der Waals surface area contributed by atoms with Gasteiger partial charge in [0.2, 0.25) is 0 Å². The Morgan fingerprint density at radius 3 is 2.79 bits per heavy atom. The van der Waals surface area contributed by atoms with Crippen LogP contribution in [0.3, 0.4) is 0 Å². The fourth-order valence-electron chi connectivity index (χ4n) is 2.49. The van der Waals surface area contributed by atoms with E-state index in [0.29, 0.717) is 22.6 Å². The Morgan fingerprint density at radius 2 is 2.10 bits per heavy atom. The van der Waals surface area contributed by atoms with E-state index in [1.54, 1.807) is 13.2 Å². The van der Waals surface area contributed by atoms with Crippen molar-refractivity contribution in [3.63, 3.8) is 0 Å². The van der Waals surface area contributed by atoms with E-state index < -0.39 is 0 Å². The van der Waals surface area contributed by atoms with Gasteiger partial charge in [-0.2, -0.15) is 5.10 Å². The summed E-state index contributed by atoms with van der Waals surface area (Å²) in [4.78, 5) is 0. The molecule has 0 spiro atoms. The van der Waals surface area contributed by atoms with E-state index in [9.17, 15) is 0 Å². The minimum Gasteiger partial charge on any atom is -0.493 e. The Balaban J connectivity index is 1.76. The van der Waals surface area contributed by atoms with Gasteiger partial charge >= 0.3 is 0 Å². The summed E-state index contributed by atoms with van der Waals surface area (Å²) in [5.74, 6) is 1.18. The second-order valence-electron chi connectivity index (χ2n) is 6.04. The molecule has 0 atom stereocenters. The molecule has 0 saturated heterocycles. The normalized spacial score (nSPS) is 11.8. The maximum atomic E-state index is 5.96. The lowest BCUT2D eigenvalue weighted by Crippen LogP contribution is -2.15. The van der Waals surface area contributed by atoms with Crippen LogP contribution < -0.4 is 20.9 Å². The predicted molar refractivity (Wildman–Crippen MR) is 113 cm³/mol. The topological polar surface area (TPSA) is 134 Å². The van der Waals surface area contributed by atoms with E-state index in [1.807, 2.05) is 31.2 Å². The number of aryl methyl sites for hydroxylation is 1. The summed E-state index contributed by atoms with van der Waals surface area (Å²) >= 11 is 3.51. The Hall–Kier alpha value is -3.40. The van der Waals surface area contributed by atoms with Crippen LogP contribution in [0.5, 0.6) is 11.5 Å². The van der Waals surface area contributed by atoms with Gasteiger partial charge in [0.05, 0.1) is 17.8 Å². The second-order valence-corrected chi connectivity index (χ2v) is 6.89. The summed E-state index contributed by atoms with van der Waals surface area (Å²) in [6, 6.07) is 11.7. The average Bonchev–Trinajstić information content (AvgIpc) is 3.12. The van der Waals surface area contributed by atoms with Crippen LogP contribution >= 0.6 is 15.9 Å². The van der Waals surface area contributed by atoms with Crippen LogP contribution in [-0.2, 0) is 6.61 Å². The molecule has 1 aromatic heterocycles. The standard InChI is InChI=1S/C19H19BrN6O3/c1-11-4-3-5-12(6-11)10-28-17-14(20)7-13(8-15(17)27-2)9-23-24-18(21)16-19(22)26-29-25-16/h3-9H,10H2,1-2H3,(H2,21,24)(H2,22,26)/b23-9+. The Morgan fingerprint density at radius 1 is 1.28 bits per heavy atom. The molecule has 0 aliphatic carbocycles. The summed E-state index contributed by atoms with van der Waals surface area (Å²) in [6.07, 6.45) is 1.51. The highest BCUT2D eigenvalue weighted by Gasteiger charge is 2.12. The van der Waals surface area contributed by atoms with Crippen LogP contribution in [-0.4, -0.2) is 29.5 Å². The predicted octanol–water partition coefficient (Wildman–Crippen LogP) is 3.05. The number of hydrogen-bond donors (Lipinski definition) is 2. The van der Waals surface area contributed by atoms with Crippen LogP contribution in [0.4, 0.5) is 5.82 Å². The lowest BCUT2D eigenvalue weighted by Gasteiger charge is -2.13. The molecule has 2 aromatic carbocycles. The Labute approximate surface area is 175 Å². The van der Waals surface area contributed by atoms with Gasteiger partial charge in [-0.1, -0.05) is 29.8 Å². The molecule has 0 amide bonds. The van der Waals surface area contributed by atoms with E-state index in [1.165, 1.54) is 11.8 Å². The number of amidine groups is 1. The third-order valence-corrected chi connectivity index (χ3v) is 4.44. The van der Waals surface area contributed by atoms with Crippen molar-refractivity contribution in [2.75, 3.05) is 12.8 Å². The monoisotopic (exact) mass is 458 g/mol. The summed E-state index contributed by atoms with van der Waals surface area (Å²) in [6.45, 7) is 2.45. The maximum Gasteiger partial charge on any atom is 0.199 e. The quantitative estimate of drug-likeness (QED) is 0.315. The lowest BCUT2D eigenvalue weighted by atomic mass is 10.1. The summed E-state index contributed by atoms with van der Waals surface area (Å²) < 4.78 is 16.6. The first-order valence-corrected chi connectivity index (χ1v) is 9.28. The van der Waals surface area contributed by atoms with Crippen molar-refractivity contribution in [1.82, 2.24) is 10.3 Å². The Bertz CT molecular complexity index is 1060. The van der Waals surface area contributed by atoms with E-state index >= 15 is 0 Å². The van der Waals surface area contributed by atoms with Crippen molar-refractivity contribution in [3.8, 4) is 11.5 Å². The number of rotatable bonds is 7. The minimum atomic E-state index is -0.0101. The number of hydrogen-bond acceptors (Lipinski definition) is 8. The molecule has 10 heteroatoms. The van der Waals surface area contributed by atoms with Gasteiger partial charge in [0.25, 0.3) is 0 Å². The summed E-state index contributed by atoms with van der Waals surface area (Å²) in [7, 11) is 1.57. The first kappa shape index (κ1) is 20.3. The minimum absolute atomic E-state index is 0.0101. The zero-order valence-corrected chi connectivity index (χ0v) is 17.4. The van der Waals surface area contributed by atoms with Crippen molar-refractivity contribution < 1.29 is 14.1 Å². The van der Waals surface area contributed by atoms with Gasteiger partial charge in [0.1, 0.15) is 6.61 Å². The van der Waals surface area contributed by atoms with Crippen LogP contribution in [0.1, 0.15) is 22.4 Å². The van der Waals surface area contributed by atoms with Gasteiger partial charge in [-0.05, 0) is 56.4 Å². The highest BCUT2D eigenvalue weighted by Crippen LogP contribution is 2.36. The van der Waals surface area contributed by atoms with Gasteiger partial charge in [-0.15, -0.1) is 5.10 Å². The molecule has 0 unspecified atom stereocenters. The van der Waals surface area contributed by atoms with Gasteiger partial charge in [0, 0.05) is 0 Å². The largest absolute Gasteiger partial charge is 0.493 e. The SMILES string of the molecule is COc1cc(/C=N/N=C(\N)c2nonc2N)cc(Br)c1OCc1cccc(C)c1. The number of halogens is 1. The van der Waals surface area contributed by atoms with Crippen molar-refractivity contribution in [2.24, 2.45) is 15.9 Å². The number of aromatic nitrogens is 2. The zero-order valence-electron chi connectivity index (χ0n) is 15.8. The molecular weight excluding hydrogens is 440 g/mol. The number of methoxy groups -OCH3 is 1. The van der Waals surface area contributed by atoms with Crippen LogP contribution in [0.25, 0.3) is 0 Å². The number of benzene rings is 2. The lowest BCUT2D eigenvalue weighted by molar-refractivity contribution is 0.282. The number of nitrogens with zero attached hydrogens (tertiary/aromatic N) is 4. The first-order valence-electron chi connectivity index (χ1n) is 8.48. The third kappa shape index (κ3) is 5.11. The molecule has 9 nitrogen and oxygen atoms in total. The van der Waals surface area contributed by atoms with Crippen LogP contribution in [0.2, 0.25) is 0 Å². The highest BCUT2D eigenvalue weighted by atomic mass is 79.9.